The number of rotatable bonds is 5. The molecule has 1 atom stereocenters. The molecule has 2 aromatic carbocycles. The third-order valence-corrected chi connectivity index (χ3v) is 3.57. The van der Waals surface area contributed by atoms with Gasteiger partial charge in [-0.2, -0.15) is 0 Å². The maximum absolute atomic E-state index is 10.2. The molecule has 0 saturated heterocycles. The van der Waals surface area contributed by atoms with Crippen LogP contribution in [0.25, 0.3) is 0 Å². The number of anilines is 1. The fourth-order valence-electron chi connectivity index (χ4n) is 2.16. The summed E-state index contributed by atoms with van der Waals surface area (Å²) in [4.78, 5) is 0. The quantitative estimate of drug-likeness (QED) is 0.821. The molecule has 2 rings (SSSR count). The monoisotopic (exact) mass is 285 g/mol. The lowest BCUT2D eigenvalue weighted by Gasteiger charge is -2.16. The highest BCUT2D eigenvalue weighted by Crippen LogP contribution is 2.25. The first-order chi connectivity index (χ1) is 9.97. The van der Waals surface area contributed by atoms with Gasteiger partial charge in [-0.05, 0) is 47.7 Å². The molecule has 3 N–H and O–H groups in total. The second-order valence-electron chi connectivity index (χ2n) is 5.68. The molecular weight excluding hydrogens is 262 g/mol. The lowest BCUT2D eigenvalue weighted by Crippen LogP contribution is -2.10. The molecule has 2 aromatic rings. The number of hydrogen-bond acceptors (Lipinski definition) is 3. The Labute approximate surface area is 126 Å². The van der Waals surface area contributed by atoms with Crippen LogP contribution in [0.5, 0.6) is 5.75 Å². The van der Waals surface area contributed by atoms with Gasteiger partial charge in [-0.15, -0.1) is 0 Å². The first kappa shape index (κ1) is 15.4. The van der Waals surface area contributed by atoms with Gasteiger partial charge in [0.25, 0.3) is 0 Å². The van der Waals surface area contributed by atoms with E-state index in [2.05, 4.69) is 26.0 Å². The lowest BCUT2D eigenvalue weighted by molar-refractivity contribution is 0.108. The van der Waals surface area contributed by atoms with Gasteiger partial charge >= 0.3 is 0 Å². The Hall–Kier alpha value is -2.00. The summed E-state index contributed by atoms with van der Waals surface area (Å²) >= 11 is 0. The van der Waals surface area contributed by atoms with Gasteiger partial charge in [0, 0.05) is 5.69 Å². The molecule has 0 radical (unpaired) electrons. The van der Waals surface area contributed by atoms with Gasteiger partial charge in [0.2, 0.25) is 0 Å². The third-order valence-electron chi connectivity index (χ3n) is 3.57. The highest BCUT2D eigenvalue weighted by molar-refractivity contribution is 5.41. The standard InChI is InChI=1S/C18H23NO2/c1-12(2)14-8-7-13(3)18(10-14)21-11-17(20)15-5-4-6-16(19)9-15/h4-10,12,17,20H,11,19H2,1-3H3. The molecule has 0 aliphatic heterocycles. The first-order valence-corrected chi connectivity index (χ1v) is 7.24. The highest BCUT2D eigenvalue weighted by Gasteiger charge is 2.11. The van der Waals surface area contributed by atoms with Gasteiger partial charge in [-0.25, -0.2) is 0 Å². The van der Waals surface area contributed by atoms with Crippen LogP contribution in [-0.2, 0) is 0 Å². The molecule has 112 valence electrons. The Kier molecular flexibility index (Phi) is 4.86. The first-order valence-electron chi connectivity index (χ1n) is 7.24. The number of hydrogen-bond donors (Lipinski definition) is 2. The summed E-state index contributed by atoms with van der Waals surface area (Å²) in [6.45, 7) is 6.52. The Morgan fingerprint density at radius 3 is 2.52 bits per heavy atom. The van der Waals surface area contributed by atoms with Gasteiger partial charge in [0.05, 0.1) is 0 Å². The highest BCUT2D eigenvalue weighted by atomic mass is 16.5. The van der Waals surface area contributed by atoms with Crippen molar-refractivity contribution in [1.29, 1.82) is 0 Å². The van der Waals surface area contributed by atoms with Crippen LogP contribution >= 0.6 is 0 Å². The summed E-state index contributed by atoms with van der Waals surface area (Å²) in [5, 5.41) is 10.2. The minimum atomic E-state index is -0.685. The minimum absolute atomic E-state index is 0.214. The summed E-state index contributed by atoms with van der Waals surface area (Å²) in [5.74, 6) is 1.27. The van der Waals surface area contributed by atoms with E-state index in [-0.39, 0.29) is 6.61 Å². The topological polar surface area (TPSA) is 55.5 Å². The van der Waals surface area contributed by atoms with Crippen LogP contribution < -0.4 is 10.5 Å². The predicted molar refractivity (Wildman–Crippen MR) is 86.6 cm³/mol. The zero-order valence-electron chi connectivity index (χ0n) is 12.8. The van der Waals surface area contributed by atoms with Gasteiger partial charge in [0.1, 0.15) is 18.5 Å². The second-order valence-corrected chi connectivity index (χ2v) is 5.68. The van der Waals surface area contributed by atoms with Crippen molar-refractivity contribution < 1.29 is 9.84 Å². The van der Waals surface area contributed by atoms with Crippen molar-refractivity contribution >= 4 is 5.69 Å². The molecule has 0 aromatic heterocycles. The summed E-state index contributed by atoms with van der Waals surface area (Å²) in [5.41, 5.74) is 9.44. The average molecular weight is 285 g/mol. The van der Waals surface area contributed by atoms with Crippen LogP contribution in [0.15, 0.2) is 42.5 Å². The Bertz CT molecular complexity index is 608. The van der Waals surface area contributed by atoms with Gasteiger partial charge in [-0.3, -0.25) is 0 Å². The summed E-state index contributed by atoms with van der Waals surface area (Å²) < 4.78 is 5.79. The van der Waals surface area contributed by atoms with Crippen molar-refractivity contribution in [3.8, 4) is 5.75 Å². The van der Waals surface area contributed by atoms with Gasteiger partial charge in [0.15, 0.2) is 0 Å². The number of aryl methyl sites for hydroxylation is 1. The van der Waals surface area contributed by atoms with Crippen molar-refractivity contribution in [2.24, 2.45) is 0 Å². The number of benzene rings is 2. The molecule has 21 heavy (non-hydrogen) atoms. The number of aliphatic hydroxyl groups is 1. The van der Waals surface area contributed by atoms with Crippen molar-refractivity contribution in [2.45, 2.75) is 32.8 Å². The molecule has 3 heteroatoms. The van der Waals surface area contributed by atoms with Crippen LogP contribution in [0.3, 0.4) is 0 Å². The number of nitrogen functional groups attached to an aromatic ring is 1. The maximum atomic E-state index is 10.2. The van der Waals surface area contributed by atoms with E-state index >= 15 is 0 Å². The fraction of sp³-hybridized carbons (Fsp3) is 0.333. The maximum Gasteiger partial charge on any atom is 0.122 e. The Balaban J connectivity index is 2.07. The minimum Gasteiger partial charge on any atom is -0.490 e. The molecule has 0 heterocycles. The van der Waals surface area contributed by atoms with E-state index in [1.165, 1.54) is 5.56 Å². The van der Waals surface area contributed by atoms with Crippen molar-refractivity contribution in [3.05, 3.63) is 59.2 Å². The van der Waals surface area contributed by atoms with E-state index in [9.17, 15) is 5.11 Å². The fourth-order valence-corrected chi connectivity index (χ4v) is 2.16. The average Bonchev–Trinajstić information content (AvgIpc) is 2.45. The molecule has 0 amide bonds. The SMILES string of the molecule is Cc1ccc(C(C)C)cc1OCC(O)c1cccc(N)c1. The zero-order valence-corrected chi connectivity index (χ0v) is 12.8. The van der Waals surface area contributed by atoms with Crippen molar-refractivity contribution in [2.75, 3.05) is 12.3 Å². The van der Waals surface area contributed by atoms with Crippen LogP contribution in [0.4, 0.5) is 5.69 Å². The van der Waals surface area contributed by atoms with Crippen LogP contribution in [-0.4, -0.2) is 11.7 Å². The number of nitrogens with two attached hydrogens (primary N) is 1. The largest absolute Gasteiger partial charge is 0.490 e. The third kappa shape index (κ3) is 3.99. The second kappa shape index (κ2) is 6.64. The van der Waals surface area contributed by atoms with E-state index in [0.717, 1.165) is 16.9 Å². The zero-order chi connectivity index (χ0) is 15.4. The van der Waals surface area contributed by atoms with E-state index < -0.39 is 6.10 Å². The molecular formula is C18H23NO2. The molecule has 1 unspecified atom stereocenters. The van der Waals surface area contributed by atoms with Crippen LogP contribution in [0.1, 0.15) is 42.6 Å². The smallest absolute Gasteiger partial charge is 0.122 e. The summed E-state index contributed by atoms with van der Waals surface area (Å²) in [7, 11) is 0. The van der Waals surface area contributed by atoms with Crippen molar-refractivity contribution in [1.82, 2.24) is 0 Å². The number of aliphatic hydroxyl groups excluding tert-OH is 1. The van der Waals surface area contributed by atoms with E-state index in [0.29, 0.717) is 11.6 Å². The molecule has 0 aliphatic rings. The molecule has 3 nitrogen and oxygen atoms in total. The van der Waals surface area contributed by atoms with Crippen LogP contribution in [0.2, 0.25) is 0 Å². The summed E-state index contributed by atoms with van der Waals surface area (Å²) in [6.07, 6.45) is -0.685. The van der Waals surface area contributed by atoms with E-state index in [1.807, 2.05) is 25.1 Å². The lowest BCUT2D eigenvalue weighted by atomic mass is 10.0. The molecule has 0 spiro atoms. The van der Waals surface area contributed by atoms with E-state index in [4.69, 9.17) is 10.5 Å². The molecule has 0 fully saturated rings. The molecule has 0 saturated carbocycles. The van der Waals surface area contributed by atoms with Gasteiger partial charge < -0.3 is 15.6 Å². The number of ether oxygens (including phenoxy) is 1. The van der Waals surface area contributed by atoms with Crippen molar-refractivity contribution in [3.63, 3.8) is 0 Å². The molecule has 0 bridgehead atoms. The predicted octanol–water partition coefficient (Wildman–Crippen LogP) is 3.81. The Morgan fingerprint density at radius 1 is 1.10 bits per heavy atom. The molecule has 0 aliphatic carbocycles. The van der Waals surface area contributed by atoms with Gasteiger partial charge in [-0.1, -0.05) is 38.1 Å². The normalized spacial score (nSPS) is 12.4. The summed E-state index contributed by atoms with van der Waals surface area (Å²) in [6, 6.07) is 13.5. The Morgan fingerprint density at radius 2 is 1.86 bits per heavy atom. The van der Waals surface area contributed by atoms with Crippen LogP contribution in [0, 0.1) is 6.92 Å². The van der Waals surface area contributed by atoms with E-state index in [1.54, 1.807) is 12.1 Å².